The largest absolute Gasteiger partial charge is 0.494 e. The predicted octanol–water partition coefficient (Wildman–Crippen LogP) is 4.09. The number of hydrogen-bond donors (Lipinski definition) is 0. The van der Waals surface area contributed by atoms with Crippen LogP contribution in [0.3, 0.4) is 0 Å². The van der Waals surface area contributed by atoms with E-state index < -0.39 is 0 Å². The highest BCUT2D eigenvalue weighted by atomic mass is 16.5. The summed E-state index contributed by atoms with van der Waals surface area (Å²) in [6, 6.07) is 13.9. The highest BCUT2D eigenvalue weighted by molar-refractivity contribution is 5.69. The van der Waals surface area contributed by atoms with Gasteiger partial charge in [0.05, 0.1) is 7.11 Å². The zero-order valence-electron chi connectivity index (χ0n) is 13.7. The van der Waals surface area contributed by atoms with Gasteiger partial charge in [-0.3, -0.25) is 0 Å². The van der Waals surface area contributed by atoms with Gasteiger partial charge < -0.3 is 4.74 Å². The molecule has 4 rings (SSSR count). The van der Waals surface area contributed by atoms with Gasteiger partial charge in [0.15, 0.2) is 5.82 Å². The first-order valence-electron chi connectivity index (χ1n) is 8.31. The van der Waals surface area contributed by atoms with Crippen LogP contribution in [0, 0.1) is 0 Å². The molecule has 0 saturated heterocycles. The highest BCUT2D eigenvalue weighted by Gasteiger charge is 2.15. The molecular weight excluding hydrogens is 298 g/mol. The number of hydrogen-bond acceptors (Lipinski definition) is 4. The van der Waals surface area contributed by atoms with E-state index in [2.05, 4.69) is 4.98 Å². The van der Waals surface area contributed by atoms with Crippen molar-refractivity contribution in [3.8, 4) is 28.5 Å². The minimum absolute atomic E-state index is 0.690. The highest BCUT2D eigenvalue weighted by Crippen LogP contribution is 2.30. The van der Waals surface area contributed by atoms with Crippen molar-refractivity contribution < 1.29 is 4.74 Å². The number of benzene rings is 1. The number of rotatable bonds is 3. The topological polar surface area (TPSA) is 47.9 Å². The van der Waals surface area contributed by atoms with Gasteiger partial charge in [-0.15, -0.1) is 0 Å². The van der Waals surface area contributed by atoms with E-state index in [9.17, 15) is 0 Å². The molecule has 0 unspecified atom stereocenters. The van der Waals surface area contributed by atoms with E-state index in [0.717, 1.165) is 35.5 Å². The van der Waals surface area contributed by atoms with Crippen LogP contribution in [0.2, 0.25) is 0 Å². The van der Waals surface area contributed by atoms with Crippen LogP contribution < -0.4 is 4.74 Å². The fourth-order valence-corrected chi connectivity index (χ4v) is 3.14. The summed E-state index contributed by atoms with van der Waals surface area (Å²) in [6.07, 6.45) is 6.52. The van der Waals surface area contributed by atoms with Crippen molar-refractivity contribution in [2.75, 3.05) is 7.11 Å². The molecule has 0 bridgehead atoms. The number of nitrogens with zero attached hydrogens (tertiary/aromatic N) is 3. The third-order valence-electron chi connectivity index (χ3n) is 4.42. The molecule has 4 nitrogen and oxygen atoms in total. The molecule has 1 aliphatic rings. The van der Waals surface area contributed by atoms with Gasteiger partial charge in [0.25, 0.3) is 0 Å². The molecule has 120 valence electrons. The summed E-state index contributed by atoms with van der Waals surface area (Å²) in [5.41, 5.74) is 5.07. The maximum Gasteiger partial charge on any atom is 0.178 e. The van der Waals surface area contributed by atoms with Crippen LogP contribution in [0.4, 0.5) is 0 Å². The second-order valence-electron chi connectivity index (χ2n) is 5.99. The summed E-state index contributed by atoms with van der Waals surface area (Å²) in [7, 11) is 1.67. The lowest BCUT2D eigenvalue weighted by Gasteiger charge is -2.15. The maximum atomic E-state index is 5.48. The summed E-state index contributed by atoms with van der Waals surface area (Å²) < 4.78 is 5.48. The number of pyridine rings is 1. The molecular formula is C20H19N3O. The molecule has 0 N–H and O–H groups in total. The number of aromatic nitrogens is 3. The smallest absolute Gasteiger partial charge is 0.178 e. The van der Waals surface area contributed by atoms with Crippen LogP contribution in [0.1, 0.15) is 24.1 Å². The molecule has 3 aromatic rings. The van der Waals surface area contributed by atoms with E-state index in [4.69, 9.17) is 14.7 Å². The fraction of sp³-hybridized carbons (Fsp3) is 0.250. The Balaban J connectivity index is 1.79. The zero-order valence-corrected chi connectivity index (χ0v) is 13.7. The molecule has 0 atom stereocenters. The summed E-state index contributed by atoms with van der Waals surface area (Å²) >= 11 is 0. The van der Waals surface area contributed by atoms with Crippen LogP contribution >= 0.6 is 0 Å². The molecule has 0 aliphatic heterocycles. The third kappa shape index (κ3) is 2.75. The minimum Gasteiger partial charge on any atom is -0.494 e. The molecule has 0 saturated carbocycles. The molecule has 1 aliphatic carbocycles. The van der Waals surface area contributed by atoms with Gasteiger partial charge >= 0.3 is 0 Å². The van der Waals surface area contributed by atoms with Gasteiger partial charge in [0.1, 0.15) is 17.1 Å². The second kappa shape index (κ2) is 6.40. The average Bonchev–Trinajstić information content (AvgIpc) is 2.68. The Morgan fingerprint density at radius 1 is 0.917 bits per heavy atom. The number of aryl methyl sites for hydroxylation is 2. The van der Waals surface area contributed by atoms with Crippen molar-refractivity contribution in [1.82, 2.24) is 15.0 Å². The summed E-state index contributed by atoms with van der Waals surface area (Å²) in [4.78, 5) is 14.1. The molecule has 24 heavy (non-hydrogen) atoms. The number of methoxy groups -OCH3 is 1. The lowest BCUT2D eigenvalue weighted by atomic mass is 9.97. The third-order valence-corrected chi connectivity index (χ3v) is 4.42. The second-order valence-corrected chi connectivity index (χ2v) is 5.99. The first-order valence-corrected chi connectivity index (χ1v) is 8.31. The molecule has 0 fully saturated rings. The van der Waals surface area contributed by atoms with Crippen LogP contribution in [-0.4, -0.2) is 22.1 Å². The molecule has 4 heteroatoms. The molecule has 0 spiro atoms. The van der Waals surface area contributed by atoms with Gasteiger partial charge in [-0.1, -0.05) is 30.3 Å². The van der Waals surface area contributed by atoms with Gasteiger partial charge in [-0.05, 0) is 43.4 Å². The lowest BCUT2D eigenvalue weighted by molar-refractivity contribution is 0.415. The number of fused-ring (bicyclic) bond motifs is 1. The van der Waals surface area contributed by atoms with Gasteiger partial charge in [0, 0.05) is 17.5 Å². The van der Waals surface area contributed by atoms with Crippen molar-refractivity contribution >= 4 is 0 Å². The van der Waals surface area contributed by atoms with Gasteiger partial charge in [-0.2, -0.15) is 0 Å². The monoisotopic (exact) mass is 317 g/mol. The maximum absolute atomic E-state index is 5.48. The molecule has 2 heterocycles. The summed E-state index contributed by atoms with van der Waals surface area (Å²) in [5.74, 6) is 1.44. The first kappa shape index (κ1) is 14.8. The van der Waals surface area contributed by atoms with Crippen molar-refractivity contribution in [2.45, 2.75) is 25.7 Å². The Labute approximate surface area is 141 Å². The Hall–Kier alpha value is -2.75. The van der Waals surface area contributed by atoms with Crippen molar-refractivity contribution in [3.63, 3.8) is 0 Å². The van der Waals surface area contributed by atoms with Gasteiger partial charge in [0.2, 0.25) is 0 Å². The average molecular weight is 317 g/mol. The van der Waals surface area contributed by atoms with E-state index in [-0.39, 0.29) is 0 Å². The predicted molar refractivity (Wildman–Crippen MR) is 93.9 cm³/mol. The van der Waals surface area contributed by atoms with E-state index in [0.29, 0.717) is 5.82 Å². The van der Waals surface area contributed by atoms with E-state index in [1.807, 2.05) is 48.7 Å². The number of ether oxygens (including phenoxy) is 1. The van der Waals surface area contributed by atoms with E-state index in [1.165, 1.54) is 24.1 Å². The Kier molecular flexibility index (Phi) is 3.95. The molecule has 0 amide bonds. The van der Waals surface area contributed by atoms with Gasteiger partial charge in [-0.25, -0.2) is 15.0 Å². The van der Waals surface area contributed by atoms with Crippen LogP contribution in [0.5, 0.6) is 5.75 Å². The summed E-state index contributed by atoms with van der Waals surface area (Å²) in [6.45, 7) is 0. The van der Waals surface area contributed by atoms with Crippen molar-refractivity contribution in [3.05, 3.63) is 59.9 Å². The first-order chi connectivity index (χ1) is 11.8. The standard InChI is InChI=1S/C20H19N3O/c1-24-18-12-11-17(22-19(18)14-7-3-2-4-8-14)20-21-13-15-9-5-6-10-16(15)23-20/h2-4,7-8,11-13H,5-6,9-10H2,1H3. The summed E-state index contributed by atoms with van der Waals surface area (Å²) in [5, 5.41) is 0. The fourth-order valence-electron chi connectivity index (χ4n) is 3.14. The SMILES string of the molecule is COc1ccc(-c2ncc3c(n2)CCCC3)nc1-c1ccccc1. The Morgan fingerprint density at radius 3 is 2.58 bits per heavy atom. The lowest BCUT2D eigenvalue weighted by Crippen LogP contribution is -2.07. The van der Waals surface area contributed by atoms with Crippen LogP contribution in [0.25, 0.3) is 22.8 Å². The quantitative estimate of drug-likeness (QED) is 0.730. The van der Waals surface area contributed by atoms with E-state index in [1.54, 1.807) is 7.11 Å². The molecule has 0 radical (unpaired) electrons. The minimum atomic E-state index is 0.690. The molecule has 2 aromatic heterocycles. The van der Waals surface area contributed by atoms with Crippen LogP contribution in [0.15, 0.2) is 48.7 Å². The van der Waals surface area contributed by atoms with Crippen molar-refractivity contribution in [1.29, 1.82) is 0 Å². The zero-order chi connectivity index (χ0) is 16.4. The Bertz CT molecular complexity index is 862. The normalized spacial score (nSPS) is 13.4. The molecule has 1 aromatic carbocycles. The van der Waals surface area contributed by atoms with Crippen LogP contribution in [-0.2, 0) is 12.8 Å². The Morgan fingerprint density at radius 2 is 1.75 bits per heavy atom. The van der Waals surface area contributed by atoms with E-state index >= 15 is 0 Å². The van der Waals surface area contributed by atoms with Crippen molar-refractivity contribution in [2.24, 2.45) is 0 Å².